The number of methoxy groups -OCH3 is 1. The lowest BCUT2D eigenvalue weighted by Gasteiger charge is -2.27. The first-order valence-corrected chi connectivity index (χ1v) is 11.9. The summed E-state index contributed by atoms with van der Waals surface area (Å²) in [5, 5.41) is 3.47. The normalized spacial score (nSPS) is 16.2. The number of halogens is 1. The molecule has 0 bridgehead atoms. The highest BCUT2D eigenvalue weighted by Gasteiger charge is 2.30. The number of rotatable bonds is 7. The van der Waals surface area contributed by atoms with Gasteiger partial charge < -0.3 is 14.8 Å². The molecule has 1 saturated heterocycles. The van der Waals surface area contributed by atoms with Crippen molar-refractivity contribution in [1.82, 2.24) is 4.31 Å². The molecule has 3 rings (SSSR count). The molecule has 1 N–H and O–H groups in total. The second kappa shape index (κ2) is 9.99. The fraction of sp³-hybridized carbons (Fsp3) is 0.409. The molecule has 1 unspecified atom stereocenters. The summed E-state index contributed by atoms with van der Waals surface area (Å²) in [5.41, 5.74) is 1.23. The summed E-state index contributed by atoms with van der Waals surface area (Å²) in [6, 6.07) is 11.8. The van der Waals surface area contributed by atoms with E-state index in [1.54, 1.807) is 24.3 Å². The molecule has 7 nitrogen and oxygen atoms in total. The SMILES string of the molecule is COc1ccc(NC(=O)C(c2ccc(Cl)cc2)C(C)C)cc1S(=O)(=O)N1CCOCC1. The van der Waals surface area contributed by atoms with Crippen molar-refractivity contribution in [3.8, 4) is 5.75 Å². The Labute approximate surface area is 188 Å². The summed E-state index contributed by atoms with van der Waals surface area (Å²) in [6.07, 6.45) is 0. The van der Waals surface area contributed by atoms with E-state index in [1.807, 2.05) is 26.0 Å². The Morgan fingerprint density at radius 2 is 1.77 bits per heavy atom. The lowest BCUT2D eigenvalue weighted by molar-refractivity contribution is -0.118. The number of morpholine rings is 1. The molecule has 2 aromatic carbocycles. The van der Waals surface area contributed by atoms with E-state index in [4.69, 9.17) is 21.1 Å². The molecular formula is C22H27ClN2O5S. The fourth-order valence-corrected chi connectivity index (χ4v) is 5.33. The molecule has 1 amide bonds. The molecule has 1 fully saturated rings. The fourth-order valence-electron chi connectivity index (χ4n) is 3.61. The Bertz CT molecular complexity index is 1020. The third-order valence-corrected chi connectivity index (χ3v) is 7.37. The third kappa shape index (κ3) is 5.38. The monoisotopic (exact) mass is 466 g/mol. The average Bonchev–Trinajstić information content (AvgIpc) is 2.75. The Morgan fingerprint density at radius 1 is 1.13 bits per heavy atom. The molecule has 0 radical (unpaired) electrons. The van der Waals surface area contributed by atoms with Gasteiger partial charge in [-0.2, -0.15) is 4.31 Å². The molecule has 1 atom stereocenters. The van der Waals surface area contributed by atoms with Crippen molar-refractivity contribution < 1.29 is 22.7 Å². The van der Waals surface area contributed by atoms with E-state index in [-0.39, 0.29) is 35.6 Å². The van der Waals surface area contributed by atoms with Crippen molar-refractivity contribution >= 4 is 33.2 Å². The second-order valence-corrected chi connectivity index (χ2v) is 9.99. The first kappa shape index (κ1) is 23.5. The van der Waals surface area contributed by atoms with Gasteiger partial charge in [0, 0.05) is 23.8 Å². The summed E-state index contributed by atoms with van der Waals surface area (Å²) >= 11 is 5.98. The minimum atomic E-state index is -3.79. The number of sulfonamides is 1. The molecule has 0 aromatic heterocycles. The number of nitrogens with zero attached hydrogens (tertiary/aromatic N) is 1. The third-order valence-electron chi connectivity index (χ3n) is 5.20. The molecule has 31 heavy (non-hydrogen) atoms. The summed E-state index contributed by atoms with van der Waals surface area (Å²) < 4.78 is 38.2. The van der Waals surface area contributed by atoms with Crippen LogP contribution in [0.25, 0.3) is 0 Å². The van der Waals surface area contributed by atoms with Crippen LogP contribution in [0.3, 0.4) is 0 Å². The van der Waals surface area contributed by atoms with Crippen LogP contribution in [-0.2, 0) is 19.6 Å². The van der Waals surface area contributed by atoms with E-state index < -0.39 is 15.9 Å². The summed E-state index contributed by atoms with van der Waals surface area (Å²) in [5.74, 6) is -0.394. The van der Waals surface area contributed by atoms with Crippen molar-refractivity contribution in [2.75, 3.05) is 38.7 Å². The van der Waals surface area contributed by atoms with E-state index in [0.29, 0.717) is 23.9 Å². The maximum absolute atomic E-state index is 13.2. The molecule has 1 aliphatic rings. The Balaban J connectivity index is 1.90. The summed E-state index contributed by atoms with van der Waals surface area (Å²) in [7, 11) is -2.38. The van der Waals surface area contributed by atoms with Gasteiger partial charge in [0.05, 0.1) is 26.2 Å². The lowest BCUT2D eigenvalue weighted by Crippen LogP contribution is -2.40. The van der Waals surface area contributed by atoms with Crippen molar-refractivity contribution in [1.29, 1.82) is 0 Å². The maximum atomic E-state index is 13.2. The minimum Gasteiger partial charge on any atom is -0.495 e. The van der Waals surface area contributed by atoms with E-state index in [2.05, 4.69) is 5.32 Å². The van der Waals surface area contributed by atoms with Gasteiger partial charge in [0.15, 0.2) is 0 Å². The first-order valence-electron chi connectivity index (χ1n) is 10.1. The van der Waals surface area contributed by atoms with Gasteiger partial charge in [0.25, 0.3) is 0 Å². The van der Waals surface area contributed by atoms with Gasteiger partial charge in [-0.25, -0.2) is 8.42 Å². The number of benzene rings is 2. The second-order valence-electron chi connectivity index (χ2n) is 7.64. The van der Waals surface area contributed by atoms with Gasteiger partial charge in [-0.1, -0.05) is 37.6 Å². The summed E-state index contributed by atoms with van der Waals surface area (Å²) in [6.45, 7) is 5.15. The quantitative estimate of drug-likeness (QED) is 0.671. The maximum Gasteiger partial charge on any atom is 0.246 e. The number of anilines is 1. The zero-order chi connectivity index (χ0) is 22.6. The molecule has 9 heteroatoms. The van der Waals surface area contributed by atoms with Crippen molar-refractivity contribution in [2.24, 2.45) is 5.92 Å². The standard InChI is InChI=1S/C22H27ClN2O5S/c1-15(2)21(16-4-6-17(23)7-5-16)22(26)24-18-8-9-19(29-3)20(14-18)31(27,28)25-10-12-30-13-11-25/h4-9,14-15,21H,10-13H2,1-3H3,(H,24,26). The van der Waals surface area contributed by atoms with E-state index >= 15 is 0 Å². The molecular weight excluding hydrogens is 440 g/mol. The average molecular weight is 467 g/mol. The van der Waals surface area contributed by atoms with Crippen molar-refractivity contribution in [2.45, 2.75) is 24.7 Å². The number of hydrogen-bond acceptors (Lipinski definition) is 5. The van der Waals surface area contributed by atoms with E-state index in [0.717, 1.165) is 5.56 Å². The molecule has 1 heterocycles. The lowest BCUT2D eigenvalue weighted by atomic mass is 9.87. The smallest absolute Gasteiger partial charge is 0.246 e. The largest absolute Gasteiger partial charge is 0.495 e. The number of carbonyl (C=O) groups excluding carboxylic acids is 1. The minimum absolute atomic E-state index is 0.0160. The molecule has 168 valence electrons. The number of hydrogen-bond donors (Lipinski definition) is 1. The van der Waals surface area contributed by atoms with Gasteiger partial charge >= 0.3 is 0 Å². The molecule has 0 saturated carbocycles. The Hall–Kier alpha value is -2.13. The first-order chi connectivity index (χ1) is 14.7. The van der Waals surface area contributed by atoms with Crippen LogP contribution in [0.15, 0.2) is 47.4 Å². The van der Waals surface area contributed by atoms with Gasteiger partial charge in [0.2, 0.25) is 15.9 Å². The highest BCUT2D eigenvalue weighted by atomic mass is 35.5. The van der Waals surface area contributed by atoms with E-state index in [9.17, 15) is 13.2 Å². The van der Waals surface area contributed by atoms with Crippen LogP contribution < -0.4 is 10.1 Å². The predicted octanol–water partition coefficient (Wildman–Crippen LogP) is 3.75. The zero-order valence-electron chi connectivity index (χ0n) is 17.8. The van der Waals surface area contributed by atoms with Crippen LogP contribution in [0.4, 0.5) is 5.69 Å². The van der Waals surface area contributed by atoms with Crippen LogP contribution in [0.1, 0.15) is 25.3 Å². The van der Waals surface area contributed by atoms with Crippen LogP contribution in [-0.4, -0.2) is 52.0 Å². The molecule has 2 aromatic rings. The van der Waals surface area contributed by atoms with Crippen LogP contribution in [0, 0.1) is 5.92 Å². The Morgan fingerprint density at radius 3 is 2.35 bits per heavy atom. The molecule has 1 aliphatic heterocycles. The highest BCUT2D eigenvalue weighted by Crippen LogP contribution is 2.32. The number of nitrogens with one attached hydrogen (secondary N) is 1. The number of ether oxygens (including phenoxy) is 2. The van der Waals surface area contributed by atoms with Crippen LogP contribution in [0.5, 0.6) is 5.75 Å². The number of amides is 1. The topological polar surface area (TPSA) is 84.9 Å². The van der Waals surface area contributed by atoms with Gasteiger partial charge in [0.1, 0.15) is 10.6 Å². The zero-order valence-corrected chi connectivity index (χ0v) is 19.4. The Kier molecular flexibility index (Phi) is 7.59. The molecule has 0 aliphatic carbocycles. The van der Waals surface area contributed by atoms with Crippen LogP contribution >= 0.6 is 11.6 Å². The van der Waals surface area contributed by atoms with E-state index in [1.165, 1.54) is 17.5 Å². The van der Waals surface area contributed by atoms with Gasteiger partial charge in [-0.3, -0.25) is 4.79 Å². The number of carbonyl (C=O) groups is 1. The van der Waals surface area contributed by atoms with Gasteiger partial charge in [-0.15, -0.1) is 0 Å². The van der Waals surface area contributed by atoms with Crippen molar-refractivity contribution in [3.05, 3.63) is 53.1 Å². The van der Waals surface area contributed by atoms with Crippen molar-refractivity contribution in [3.63, 3.8) is 0 Å². The summed E-state index contributed by atoms with van der Waals surface area (Å²) in [4.78, 5) is 13.1. The predicted molar refractivity (Wildman–Crippen MR) is 120 cm³/mol. The molecule has 0 spiro atoms. The highest BCUT2D eigenvalue weighted by molar-refractivity contribution is 7.89. The van der Waals surface area contributed by atoms with Gasteiger partial charge in [-0.05, 0) is 41.8 Å². The van der Waals surface area contributed by atoms with Crippen LogP contribution in [0.2, 0.25) is 5.02 Å².